The van der Waals surface area contributed by atoms with Crippen LogP contribution in [0.15, 0.2) is 58.3 Å². The van der Waals surface area contributed by atoms with Crippen LogP contribution in [-0.2, 0) is 0 Å². The normalized spacial score (nSPS) is 10.1. The molecule has 0 heterocycles. The van der Waals surface area contributed by atoms with Gasteiger partial charge in [0.1, 0.15) is 0 Å². The van der Waals surface area contributed by atoms with Gasteiger partial charge < -0.3 is 11.1 Å². The summed E-state index contributed by atoms with van der Waals surface area (Å²) >= 11 is 1.53. The van der Waals surface area contributed by atoms with Crippen LogP contribution < -0.4 is 11.1 Å². The molecule has 0 aliphatic carbocycles. The van der Waals surface area contributed by atoms with Crippen molar-refractivity contribution in [3.8, 4) is 0 Å². The van der Waals surface area contributed by atoms with Gasteiger partial charge in [0.05, 0.1) is 5.56 Å². The molecule has 0 aliphatic heterocycles. The fraction of sp³-hybridized carbons (Fsp3) is 0.0714. The Kier molecular flexibility index (Phi) is 3.89. The van der Waals surface area contributed by atoms with E-state index in [9.17, 15) is 4.79 Å². The van der Waals surface area contributed by atoms with Gasteiger partial charge in [-0.2, -0.15) is 0 Å². The third-order valence-electron chi connectivity index (χ3n) is 2.48. The maximum absolute atomic E-state index is 11.8. The van der Waals surface area contributed by atoms with Crippen LogP contribution in [0.3, 0.4) is 0 Å². The van der Waals surface area contributed by atoms with E-state index in [0.29, 0.717) is 11.3 Å². The second kappa shape index (κ2) is 5.60. The van der Waals surface area contributed by atoms with Crippen molar-refractivity contribution in [2.24, 2.45) is 0 Å². The molecule has 0 bridgehead atoms. The maximum atomic E-state index is 11.8. The van der Waals surface area contributed by atoms with Crippen LogP contribution in [-0.4, -0.2) is 13.0 Å². The van der Waals surface area contributed by atoms with Crippen LogP contribution in [0.5, 0.6) is 0 Å². The summed E-state index contributed by atoms with van der Waals surface area (Å²) in [5.41, 5.74) is 6.91. The number of carbonyl (C=O) groups excluding carboxylic acids is 1. The summed E-state index contributed by atoms with van der Waals surface area (Å²) in [6.07, 6.45) is 0. The predicted octanol–water partition coefficient (Wildman–Crippen LogP) is 2.78. The Balaban J connectivity index is 2.39. The van der Waals surface area contributed by atoms with Crippen molar-refractivity contribution >= 4 is 23.4 Å². The van der Waals surface area contributed by atoms with E-state index >= 15 is 0 Å². The number of rotatable bonds is 3. The summed E-state index contributed by atoms with van der Waals surface area (Å²) in [7, 11) is 1.60. The molecular formula is C14H14N2OS. The van der Waals surface area contributed by atoms with Gasteiger partial charge in [0, 0.05) is 22.5 Å². The molecule has 0 saturated heterocycles. The zero-order valence-electron chi connectivity index (χ0n) is 10.0. The number of benzene rings is 2. The lowest BCUT2D eigenvalue weighted by molar-refractivity contribution is 0.0961. The molecule has 0 radical (unpaired) electrons. The highest BCUT2D eigenvalue weighted by molar-refractivity contribution is 7.99. The number of nitrogen functional groups attached to an aromatic ring is 1. The summed E-state index contributed by atoms with van der Waals surface area (Å²) < 4.78 is 0. The van der Waals surface area contributed by atoms with E-state index in [4.69, 9.17) is 5.73 Å². The molecule has 18 heavy (non-hydrogen) atoms. The summed E-state index contributed by atoms with van der Waals surface area (Å²) in [5.74, 6) is -0.161. The minimum absolute atomic E-state index is 0.161. The Morgan fingerprint density at radius 2 is 1.83 bits per heavy atom. The third kappa shape index (κ3) is 2.65. The quantitative estimate of drug-likeness (QED) is 0.832. The highest BCUT2D eigenvalue weighted by atomic mass is 32.2. The Morgan fingerprint density at radius 1 is 1.11 bits per heavy atom. The number of hydrogen-bond donors (Lipinski definition) is 2. The minimum atomic E-state index is -0.161. The molecule has 2 rings (SSSR count). The molecule has 92 valence electrons. The number of anilines is 1. The fourth-order valence-corrected chi connectivity index (χ4v) is 2.62. The monoisotopic (exact) mass is 258 g/mol. The molecule has 1 amide bonds. The van der Waals surface area contributed by atoms with Crippen LogP contribution in [0.4, 0.5) is 5.69 Å². The van der Waals surface area contributed by atoms with Gasteiger partial charge in [0.25, 0.3) is 5.91 Å². The first-order valence-electron chi connectivity index (χ1n) is 5.56. The van der Waals surface area contributed by atoms with Crippen molar-refractivity contribution in [2.75, 3.05) is 12.8 Å². The topological polar surface area (TPSA) is 55.1 Å². The maximum Gasteiger partial charge on any atom is 0.254 e. The number of carbonyl (C=O) groups is 1. The predicted molar refractivity (Wildman–Crippen MR) is 74.8 cm³/mol. The lowest BCUT2D eigenvalue weighted by Crippen LogP contribution is -2.20. The van der Waals surface area contributed by atoms with Crippen molar-refractivity contribution < 1.29 is 4.79 Å². The Bertz CT molecular complexity index is 555. The number of nitrogens with two attached hydrogens (primary N) is 1. The standard InChI is InChI=1S/C14H14N2OS/c1-16-14(17)13-11(15)8-5-9-12(13)18-10-6-3-2-4-7-10/h2-9H,15H2,1H3,(H,16,17). The average molecular weight is 258 g/mol. The van der Waals surface area contributed by atoms with Crippen LogP contribution in [0.25, 0.3) is 0 Å². The van der Waals surface area contributed by atoms with Crippen LogP contribution in [0, 0.1) is 0 Å². The van der Waals surface area contributed by atoms with Gasteiger partial charge in [-0.05, 0) is 24.3 Å². The van der Waals surface area contributed by atoms with Crippen LogP contribution in [0.1, 0.15) is 10.4 Å². The van der Waals surface area contributed by atoms with Crippen molar-refractivity contribution in [1.29, 1.82) is 0 Å². The summed E-state index contributed by atoms with van der Waals surface area (Å²) in [6, 6.07) is 15.4. The van der Waals surface area contributed by atoms with Crippen molar-refractivity contribution in [3.05, 3.63) is 54.1 Å². The SMILES string of the molecule is CNC(=O)c1c(N)cccc1Sc1ccccc1. The molecule has 0 aromatic heterocycles. The lowest BCUT2D eigenvalue weighted by atomic mass is 10.1. The third-order valence-corrected chi connectivity index (χ3v) is 3.55. The van der Waals surface area contributed by atoms with Crippen LogP contribution >= 0.6 is 11.8 Å². The van der Waals surface area contributed by atoms with E-state index in [-0.39, 0.29) is 5.91 Å². The molecule has 3 N–H and O–H groups in total. The second-order valence-corrected chi connectivity index (χ2v) is 4.83. The molecule has 2 aromatic carbocycles. The molecule has 3 nitrogen and oxygen atoms in total. The molecule has 4 heteroatoms. The van der Waals surface area contributed by atoms with Gasteiger partial charge in [-0.25, -0.2) is 0 Å². The zero-order valence-corrected chi connectivity index (χ0v) is 10.8. The average Bonchev–Trinajstić information content (AvgIpc) is 2.39. The summed E-state index contributed by atoms with van der Waals surface area (Å²) in [5, 5.41) is 2.62. The first-order valence-corrected chi connectivity index (χ1v) is 6.37. The van der Waals surface area contributed by atoms with E-state index in [1.807, 2.05) is 42.5 Å². The van der Waals surface area contributed by atoms with Gasteiger partial charge in [-0.3, -0.25) is 4.79 Å². The van der Waals surface area contributed by atoms with Crippen molar-refractivity contribution in [3.63, 3.8) is 0 Å². The molecule has 2 aromatic rings. The molecule has 0 aliphatic rings. The molecule has 0 fully saturated rings. The van der Waals surface area contributed by atoms with Gasteiger partial charge in [0.2, 0.25) is 0 Å². The van der Waals surface area contributed by atoms with Crippen molar-refractivity contribution in [1.82, 2.24) is 5.32 Å². The van der Waals surface area contributed by atoms with Crippen LogP contribution in [0.2, 0.25) is 0 Å². The van der Waals surface area contributed by atoms with E-state index < -0.39 is 0 Å². The van der Waals surface area contributed by atoms with Gasteiger partial charge in [-0.15, -0.1) is 0 Å². The smallest absolute Gasteiger partial charge is 0.254 e. The van der Waals surface area contributed by atoms with Crippen molar-refractivity contribution in [2.45, 2.75) is 9.79 Å². The first-order chi connectivity index (χ1) is 8.72. The van der Waals surface area contributed by atoms with E-state index in [2.05, 4.69) is 5.32 Å². The lowest BCUT2D eigenvalue weighted by Gasteiger charge is -2.10. The molecular weight excluding hydrogens is 244 g/mol. The molecule has 0 saturated carbocycles. The highest BCUT2D eigenvalue weighted by Gasteiger charge is 2.14. The van der Waals surface area contributed by atoms with E-state index in [1.54, 1.807) is 13.1 Å². The number of nitrogens with one attached hydrogen (secondary N) is 1. The van der Waals surface area contributed by atoms with E-state index in [0.717, 1.165) is 9.79 Å². The molecule has 0 atom stereocenters. The second-order valence-electron chi connectivity index (χ2n) is 3.71. The van der Waals surface area contributed by atoms with E-state index in [1.165, 1.54) is 11.8 Å². The Morgan fingerprint density at radius 3 is 2.50 bits per heavy atom. The number of amides is 1. The van der Waals surface area contributed by atoms with Gasteiger partial charge in [-0.1, -0.05) is 36.0 Å². The van der Waals surface area contributed by atoms with Gasteiger partial charge >= 0.3 is 0 Å². The largest absolute Gasteiger partial charge is 0.398 e. The molecule has 0 unspecified atom stereocenters. The Hall–Kier alpha value is -1.94. The summed E-state index contributed by atoms with van der Waals surface area (Å²) in [4.78, 5) is 13.8. The fourth-order valence-electron chi connectivity index (χ4n) is 1.62. The molecule has 0 spiro atoms. The number of hydrogen-bond acceptors (Lipinski definition) is 3. The summed E-state index contributed by atoms with van der Waals surface area (Å²) in [6.45, 7) is 0. The minimum Gasteiger partial charge on any atom is -0.398 e. The highest BCUT2D eigenvalue weighted by Crippen LogP contribution is 2.32. The van der Waals surface area contributed by atoms with Gasteiger partial charge in [0.15, 0.2) is 0 Å². The zero-order chi connectivity index (χ0) is 13.0. The first kappa shape index (κ1) is 12.5. The Labute approximate surface area is 110 Å².